The van der Waals surface area contributed by atoms with Crippen molar-refractivity contribution in [2.75, 3.05) is 69.1 Å². The number of aliphatic hydroxyl groups excluding tert-OH is 1. The van der Waals surface area contributed by atoms with Gasteiger partial charge in [-0.15, -0.1) is 16.6 Å². The molecule has 5 N–H and O–H groups in total. The number of likely N-dealkylation sites (tertiary alicyclic amines) is 3. The Morgan fingerprint density at radius 1 is 0.859 bits per heavy atom. The summed E-state index contributed by atoms with van der Waals surface area (Å²) in [6, 6.07) is 14.2. The first-order valence-electron chi connectivity index (χ1n) is 26.4. The molecule has 7 aliphatic rings. The van der Waals surface area contributed by atoms with Crippen molar-refractivity contribution in [3.63, 3.8) is 0 Å². The molecule has 0 radical (unpaired) electrons. The van der Waals surface area contributed by atoms with E-state index in [9.17, 15) is 29.0 Å². The second-order valence-electron chi connectivity index (χ2n) is 22.9. The lowest BCUT2D eigenvalue weighted by molar-refractivity contribution is -0.145. The first kappa shape index (κ1) is 49.2. The molecule has 0 unspecified atom stereocenters. The number of nitrogens with one attached hydrogen (secondary N) is 3. The minimum absolute atomic E-state index is 0.0223. The van der Waals surface area contributed by atoms with Gasteiger partial charge in [-0.2, -0.15) is 0 Å². The highest BCUT2D eigenvalue weighted by Gasteiger charge is 2.50. The molecule has 16 heteroatoms. The zero-order valence-electron chi connectivity index (χ0n) is 41.8. The summed E-state index contributed by atoms with van der Waals surface area (Å²) < 4.78 is 14.6. The molecule has 3 aromatic rings. The first-order valence-corrected chi connectivity index (χ1v) is 26.4. The molecule has 0 bridgehead atoms. The number of para-hydroxylation sites is 1. The molecule has 4 atom stereocenters. The third-order valence-electron chi connectivity index (χ3n) is 17.5. The lowest BCUT2D eigenvalue weighted by atomic mass is 9.56. The fourth-order valence-corrected chi connectivity index (χ4v) is 13.3. The van der Waals surface area contributed by atoms with Crippen LogP contribution in [0.3, 0.4) is 0 Å². The number of piperidine rings is 2. The predicted octanol–water partition coefficient (Wildman–Crippen LogP) is 4.96. The van der Waals surface area contributed by atoms with Gasteiger partial charge in [-0.05, 0) is 132 Å². The Hall–Kier alpha value is -5.34. The summed E-state index contributed by atoms with van der Waals surface area (Å²) in [5.41, 5.74) is 2.77. The highest BCUT2D eigenvalue weighted by molar-refractivity contribution is 5.93. The van der Waals surface area contributed by atoms with Crippen molar-refractivity contribution in [3.05, 3.63) is 65.5 Å². The highest BCUT2D eigenvalue weighted by Crippen LogP contribution is 2.55. The lowest BCUT2D eigenvalue weighted by Crippen LogP contribution is -2.61. The fraction of sp³-hybridized carbons (Fsp3) is 0.618. The van der Waals surface area contributed by atoms with Crippen molar-refractivity contribution in [1.29, 1.82) is 0 Å². The largest absolute Gasteiger partial charge is 0.507 e. The fourth-order valence-electron chi connectivity index (χ4n) is 13.3. The Kier molecular flexibility index (Phi) is 14.1. The van der Waals surface area contributed by atoms with Crippen LogP contribution in [0.25, 0.3) is 11.3 Å². The Labute approximate surface area is 418 Å². The molecule has 71 heavy (non-hydrogen) atoms. The van der Waals surface area contributed by atoms with Crippen molar-refractivity contribution in [2.45, 2.75) is 140 Å². The maximum absolute atomic E-state index is 14.6. The zero-order chi connectivity index (χ0) is 49.6. The average molecular weight is 973 g/mol. The number of halogens is 1. The monoisotopic (exact) mass is 973 g/mol. The Morgan fingerprint density at radius 2 is 1.55 bits per heavy atom. The number of rotatable bonds is 10. The molecule has 6 heterocycles. The van der Waals surface area contributed by atoms with Crippen LogP contribution in [0.2, 0.25) is 0 Å². The maximum atomic E-state index is 14.6. The molecule has 1 aromatic heterocycles. The number of amides is 3. The van der Waals surface area contributed by atoms with Crippen LogP contribution < -0.4 is 20.9 Å². The van der Waals surface area contributed by atoms with E-state index in [2.05, 4.69) is 57.7 Å². The lowest BCUT2D eigenvalue weighted by Gasteiger charge is -2.56. The summed E-state index contributed by atoms with van der Waals surface area (Å²) in [6.45, 7) is 14.1. The average Bonchev–Trinajstić information content (AvgIpc) is 3.77. The predicted molar refractivity (Wildman–Crippen MR) is 271 cm³/mol. The first-order chi connectivity index (χ1) is 34.1. The number of β-amino-alcohol motifs (C(OH)–C–C–N with tert-alkyl or cyclic N) is 1. The van der Waals surface area contributed by atoms with Crippen LogP contribution in [0.1, 0.15) is 103 Å². The molecule has 15 nitrogen and oxygen atoms in total. The van der Waals surface area contributed by atoms with Gasteiger partial charge in [0.2, 0.25) is 17.7 Å². The van der Waals surface area contributed by atoms with Crippen LogP contribution in [0.15, 0.2) is 48.5 Å². The summed E-state index contributed by atoms with van der Waals surface area (Å²) in [7, 11) is 0. The number of benzene rings is 2. The number of hydrogen-bond acceptors (Lipinski definition) is 12. The number of phenols is 1. The van der Waals surface area contributed by atoms with Gasteiger partial charge in [0.05, 0.1) is 23.5 Å². The van der Waals surface area contributed by atoms with Gasteiger partial charge in [-0.3, -0.25) is 19.3 Å². The highest BCUT2D eigenvalue weighted by atomic mass is 19.1. The zero-order valence-corrected chi connectivity index (χ0v) is 41.8. The number of hydrogen-bond donors (Lipinski definition) is 5. The van der Waals surface area contributed by atoms with Gasteiger partial charge in [0, 0.05) is 86.4 Å². The minimum atomic E-state index is -0.948. The van der Waals surface area contributed by atoms with E-state index in [1.54, 1.807) is 12.1 Å². The second-order valence-corrected chi connectivity index (χ2v) is 22.9. The van der Waals surface area contributed by atoms with Gasteiger partial charge in [-0.25, -0.2) is 4.39 Å². The van der Waals surface area contributed by atoms with E-state index in [4.69, 9.17) is 6.42 Å². The molecule has 1 spiro atoms. The number of aliphatic hydroxyl groups is 1. The van der Waals surface area contributed by atoms with E-state index >= 15 is 0 Å². The van der Waals surface area contributed by atoms with Crippen LogP contribution in [0.4, 0.5) is 15.9 Å². The number of carbonyl (C=O) groups excluding carboxylic acids is 3. The quantitative estimate of drug-likeness (QED) is 0.174. The van der Waals surface area contributed by atoms with Crippen LogP contribution in [0.5, 0.6) is 5.75 Å². The summed E-state index contributed by atoms with van der Waals surface area (Å²) in [5.74, 6) is 1.72. The van der Waals surface area contributed by atoms with Crippen molar-refractivity contribution >= 4 is 29.2 Å². The van der Waals surface area contributed by atoms with Crippen molar-refractivity contribution in [1.82, 2.24) is 40.4 Å². The van der Waals surface area contributed by atoms with E-state index in [1.807, 2.05) is 39.0 Å². The van der Waals surface area contributed by atoms with Gasteiger partial charge in [0.25, 0.3) is 0 Å². The number of phenolic OH excluding ortho intramolecular Hbond substituents is 1. The topological polar surface area (TPSA) is 170 Å². The van der Waals surface area contributed by atoms with Gasteiger partial charge >= 0.3 is 0 Å². The minimum Gasteiger partial charge on any atom is -0.507 e. The number of aromatic nitrogens is 2. The summed E-state index contributed by atoms with van der Waals surface area (Å²) in [4.78, 5) is 53.7. The molecule has 2 saturated carbocycles. The Bertz CT molecular complexity index is 2480. The summed E-state index contributed by atoms with van der Waals surface area (Å²) in [6.07, 6.45) is 15.5. The van der Waals surface area contributed by atoms with Crippen LogP contribution in [-0.4, -0.2) is 159 Å². The van der Waals surface area contributed by atoms with Crippen molar-refractivity contribution < 1.29 is 29.0 Å². The molecular weight excluding hydrogens is 900 g/mol. The van der Waals surface area contributed by atoms with Crippen molar-refractivity contribution in [3.8, 4) is 29.4 Å². The molecule has 3 amide bonds. The molecule has 10 rings (SSSR count). The molecule has 6 fully saturated rings. The number of fused-ring (bicyclic) bond motifs is 3. The van der Waals surface area contributed by atoms with Crippen molar-refractivity contribution in [2.24, 2.45) is 16.7 Å². The van der Waals surface area contributed by atoms with Crippen LogP contribution >= 0.6 is 0 Å². The van der Waals surface area contributed by atoms with Gasteiger partial charge < -0.3 is 45.8 Å². The number of carbonyl (C=O) groups is 3. The van der Waals surface area contributed by atoms with E-state index in [-0.39, 0.29) is 42.6 Å². The van der Waals surface area contributed by atoms with E-state index in [0.29, 0.717) is 46.4 Å². The maximum Gasteiger partial charge on any atom is 0.246 e. The van der Waals surface area contributed by atoms with Crippen LogP contribution in [0, 0.1) is 34.9 Å². The van der Waals surface area contributed by atoms with Crippen LogP contribution in [-0.2, 0) is 20.9 Å². The van der Waals surface area contributed by atoms with E-state index < -0.39 is 41.2 Å². The molecule has 4 saturated heterocycles. The molecular formula is C55H73FN10O5. The van der Waals surface area contributed by atoms with E-state index in [0.717, 1.165) is 76.5 Å². The smallest absolute Gasteiger partial charge is 0.246 e. The third kappa shape index (κ3) is 10.3. The summed E-state index contributed by atoms with van der Waals surface area (Å²) >= 11 is 0. The van der Waals surface area contributed by atoms with Gasteiger partial charge in [0.15, 0.2) is 5.82 Å². The van der Waals surface area contributed by atoms with Gasteiger partial charge in [0.1, 0.15) is 23.7 Å². The SMILES string of the molecule is C#Cc1ccc(CNC(=O)[C@@H]2C[C@@H](O)CN2C(=O)[C@@H](NC(=O)C2CCC3(CC2)CC(N2CCC(N4CCC(N5CCN6c7cc(-c8ccccc8O)nnc7NC[C@H]6C5)CC4)CC2)C3)C(C)(C)C)c(F)c1. The second kappa shape index (κ2) is 20.3. The standard InChI is InChI=1S/C55H73FN10O5/c1-5-35-10-11-37(44(56)26-35)31-58-52(70)47-27-42(67)34-66(47)53(71)49(54(2,3)4)59-51(69)36-12-18-55(19-13-36)29-40(30-55)63-22-14-38(15-23-63)62-20-16-39(17-21-62)64-24-25-65-41(33-64)32-57-50-46(65)28-45(60-61-50)43-8-6-7-9-48(43)68/h1,6-11,26,28,36,38-42,47,49,67-68H,12-25,27,29-34H2,2-4H3,(H,57,61)(H,58,70)(H,59,69)/t36?,40?,41-,42+,47-,49+,55?/m0/s1. The Balaban J connectivity index is 0.646. The Morgan fingerprint density at radius 3 is 2.23 bits per heavy atom. The summed E-state index contributed by atoms with van der Waals surface area (Å²) in [5, 5.41) is 39.4. The molecule has 2 aromatic carbocycles. The number of aromatic hydroxyl groups is 1. The third-order valence-corrected chi connectivity index (χ3v) is 17.5. The number of nitrogens with zero attached hydrogens (tertiary/aromatic N) is 7. The number of terminal acetylenes is 1. The van der Waals surface area contributed by atoms with E-state index in [1.165, 1.54) is 68.6 Å². The molecule has 5 aliphatic heterocycles. The van der Waals surface area contributed by atoms with Gasteiger partial charge in [-0.1, -0.05) is 44.9 Å². The number of anilines is 2. The normalized spacial score (nSPS) is 28.3. The number of piperazine rings is 1. The molecule has 2 aliphatic carbocycles. The molecule has 380 valence electrons.